The number of ether oxygens (including phenoxy) is 7. The highest BCUT2D eigenvalue weighted by Gasteiger charge is 2.24. The molecule has 2 N–H and O–H groups in total. The van der Waals surface area contributed by atoms with Crippen molar-refractivity contribution in [2.24, 2.45) is 23.0 Å². The predicted molar refractivity (Wildman–Crippen MR) is 153 cm³/mol. The average Bonchev–Trinajstić information content (AvgIpc) is 2.86. The van der Waals surface area contributed by atoms with Crippen LogP contribution in [0.5, 0.6) is 11.5 Å². The molecule has 0 fully saturated rings. The Labute approximate surface area is 248 Å². The van der Waals surface area contributed by atoms with Crippen molar-refractivity contribution in [3.05, 3.63) is 23.8 Å². The van der Waals surface area contributed by atoms with Gasteiger partial charge in [-0.05, 0) is 62.1 Å². The molecule has 0 aliphatic carbocycles. The summed E-state index contributed by atoms with van der Waals surface area (Å²) in [4.78, 5) is 49.1. The fraction of sp³-hybridized carbons (Fsp3) is 0.667. The molecule has 42 heavy (non-hydrogen) atoms. The minimum Gasteiger partial charge on any atom is -0.458 e. The third-order valence-corrected chi connectivity index (χ3v) is 5.97. The van der Waals surface area contributed by atoms with E-state index in [1.807, 2.05) is 48.5 Å². The fourth-order valence-electron chi connectivity index (χ4n) is 2.81. The molecule has 238 valence electrons. The Morgan fingerprint density at radius 3 is 1.76 bits per heavy atom. The minimum atomic E-state index is -1.11. The van der Waals surface area contributed by atoms with Crippen molar-refractivity contribution in [2.45, 2.75) is 100 Å². The normalized spacial score (nSPS) is 14.3. The number of hydrogen-bond acceptors (Lipinski definition) is 12. The summed E-state index contributed by atoms with van der Waals surface area (Å²) in [7, 11) is 0. The van der Waals surface area contributed by atoms with E-state index in [2.05, 4.69) is 0 Å². The van der Waals surface area contributed by atoms with Gasteiger partial charge in [0.25, 0.3) is 0 Å². The average molecular weight is 598 g/mol. The second kappa shape index (κ2) is 16.8. The van der Waals surface area contributed by atoms with Gasteiger partial charge in [0.1, 0.15) is 31.0 Å². The molecule has 0 saturated heterocycles. The first-order valence-corrected chi connectivity index (χ1v) is 14.0. The summed E-state index contributed by atoms with van der Waals surface area (Å²) in [5.41, 5.74) is 6.31. The lowest BCUT2D eigenvalue weighted by molar-refractivity contribution is -0.152. The summed E-state index contributed by atoms with van der Waals surface area (Å²) in [6.07, 6.45) is -4.48. The minimum absolute atomic E-state index is 0.0110. The largest absolute Gasteiger partial charge is 0.514 e. The van der Waals surface area contributed by atoms with Gasteiger partial charge in [-0.2, -0.15) is 0 Å². The SMILES string of the molecule is CC(C)C(C)OC(=O)Oc1ccc(C[C@H](N)C(=O)O[C@@H](C)COC(=O)OCC(C)(C)C)cc1OC(=O)OC(C)C(C)C. The quantitative estimate of drug-likeness (QED) is 0.165. The summed E-state index contributed by atoms with van der Waals surface area (Å²) in [5, 5.41) is 0. The van der Waals surface area contributed by atoms with Crippen LogP contribution in [0.1, 0.15) is 74.8 Å². The highest BCUT2D eigenvalue weighted by Crippen LogP contribution is 2.30. The molecule has 0 bridgehead atoms. The van der Waals surface area contributed by atoms with Gasteiger partial charge in [0.05, 0.1) is 6.61 Å². The number of carbonyl (C=O) groups is 4. The van der Waals surface area contributed by atoms with Crippen LogP contribution in [0.25, 0.3) is 0 Å². The molecule has 1 aromatic carbocycles. The summed E-state index contributed by atoms with van der Waals surface area (Å²) < 4.78 is 36.4. The molecule has 0 radical (unpaired) electrons. The van der Waals surface area contributed by atoms with Gasteiger partial charge >= 0.3 is 24.4 Å². The lowest BCUT2D eigenvalue weighted by atomic mass is 9.99. The predicted octanol–water partition coefficient (Wildman–Crippen LogP) is 5.81. The summed E-state index contributed by atoms with van der Waals surface area (Å²) in [6.45, 7) is 18.2. The molecule has 12 nitrogen and oxygen atoms in total. The summed E-state index contributed by atoms with van der Waals surface area (Å²) in [5.74, 6) is -0.861. The molecule has 0 spiro atoms. The van der Waals surface area contributed by atoms with Crippen molar-refractivity contribution < 1.29 is 52.3 Å². The molecule has 1 rings (SSSR count). The lowest BCUT2D eigenvalue weighted by Crippen LogP contribution is -2.37. The van der Waals surface area contributed by atoms with Crippen LogP contribution in [0, 0.1) is 17.3 Å². The van der Waals surface area contributed by atoms with E-state index < -0.39 is 48.8 Å². The molecular formula is C30H47NO11. The van der Waals surface area contributed by atoms with Gasteiger partial charge in [0.15, 0.2) is 11.5 Å². The zero-order chi connectivity index (χ0) is 32.2. The molecule has 2 unspecified atom stereocenters. The van der Waals surface area contributed by atoms with Gasteiger partial charge in [0.2, 0.25) is 0 Å². The van der Waals surface area contributed by atoms with E-state index in [1.54, 1.807) is 26.8 Å². The van der Waals surface area contributed by atoms with E-state index in [0.717, 1.165) is 0 Å². The standard InChI is InChI=1S/C30H47NO11/c1-17(2)20(6)39-28(34)41-24-12-11-22(14-25(24)42-29(35)40-21(7)18(3)4)13-23(31)26(32)38-19(5)15-36-27(33)37-16-30(8,9)10/h11-12,14,17-21,23H,13,15-16,31H2,1-10H3/t19-,20?,21?,23-/m0/s1. The van der Waals surface area contributed by atoms with Crippen molar-refractivity contribution >= 4 is 24.4 Å². The third kappa shape index (κ3) is 14.4. The molecule has 12 heteroatoms. The second-order valence-corrected chi connectivity index (χ2v) is 12.1. The first kappa shape index (κ1) is 36.5. The molecule has 0 aliphatic rings. The molecular weight excluding hydrogens is 550 g/mol. The Morgan fingerprint density at radius 1 is 0.738 bits per heavy atom. The van der Waals surface area contributed by atoms with E-state index in [4.69, 9.17) is 38.9 Å². The highest BCUT2D eigenvalue weighted by molar-refractivity contribution is 5.76. The lowest BCUT2D eigenvalue weighted by Gasteiger charge is -2.20. The van der Waals surface area contributed by atoms with Crippen molar-refractivity contribution in [1.29, 1.82) is 0 Å². The van der Waals surface area contributed by atoms with Crippen molar-refractivity contribution in [3.8, 4) is 11.5 Å². The van der Waals surface area contributed by atoms with Crippen LogP contribution in [-0.2, 0) is 34.9 Å². The van der Waals surface area contributed by atoms with Gasteiger partial charge in [-0.1, -0.05) is 54.5 Å². The van der Waals surface area contributed by atoms with Crippen molar-refractivity contribution in [2.75, 3.05) is 13.2 Å². The van der Waals surface area contributed by atoms with Crippen LogP contribution >= 0.6 is 0 Å². The van der Waals surface area contributed by atoms with Crippen LogP contribution in [0.2, 0.25) is 0 Å². The van der Waals surface area contributed by atoms with Gasteiger partial charge in [-0.3, -0.25) is 4.79 Å². The second-order valence-electron chi connectivity index (χ2n) is 12.1. The van der Waals surface area contributed by atoms with E-state index in [0.29, 0.717) is 5.56 Å². The topological polar surface area (TPSA) is 159 Å². The first-order chi connectivity index (χ1) is 19.4. The fourth-order valence-corrected chi connectivity index (χ4v) is 2.81. The van der Waals surface area contributed by atoms with Gasteiger partial charge in [-0.15, -0.1) is 0 Å². The Morgan fingerprint density at radius 2 is 1.26 bits per heavy atom. The third-order valence-electron chi connectivity index (χ3n) is 5.97. The summed E-state index contributed by atoms with van der Waals surface area (Å²) >= 11 is 0. The Hall–Kier alpha value is -3.54. The highest BCUT2D eigenvalue weighted by atomic mass is 16.8. The Bertz CT molecular complexity index is 1050. The van der Waals surface area contributed by atoms with Crippen molar-refractivity contribution in [3.63, 3.8) is 0 Å². The molecule has 0 aliphatic heterocycles. The van der Waals surface area contributed by atoms with E-state index in [9.17, 15) is 19.2 Å². The molecule has 1 aromatic rings. The Balaban J connectivity index is 2.90. The van der Waals surface area contributed by atoms with E-state index in [1.165, 1.54) is 12.1 Å². The van der Waals surface area contributed by atoms with E-state index >= 15 is 0 Å². The monoisotopic (exact) mass is 597 g/mol. The zero-order valence-corrected chi connectivity index (χ0v) is 26.4. The van der Waals surface area contributed by atoms with Crippen LogP contribution in [0.4, 0.5) is 14.4 Å². The number of hydrogen-bond donors (Lipinski definition) is 1. The van der Waals surface area contributed by atoms with Crippen LogP contribution in [0.3, 0.4) is 0 Å². The van der Waals surface area contributed by atoms with Crippen molar-refractivity contribution in [1.82, 2.24) is 0 Å². The maximum Gasteiger partial charge on any atom is 0.514 e. The van der Waals surface area contributed by atoms with Gasteiger partial charge in [-0.25, -0.2) is 14.4 Å². The van der Waals surface area contributed by atoms with Crippen LogP contribution < -0.4 is 15.2 Å². The number of rotatable bonds is 13. The number of carbonyl (C=O) groups excluding carboxylic acids is 4. The number of benzene rings is 1. The molecule has 0 heterocycles. The maximum absolute atomic E-state index is 12.6. The molecule has 0 amide bonds. The zero-order valence-electron chi connectivity index (χ0n) is 26.4. The van der Waals surface area contributed by atoms with Gasteiger partial charge in [0, 0.05) is 0 Å². The molecule has 4 atom stereocenters. The smallest absolute Gasteiger partial charge is 0.458 e. The Kier molecular flexibility index (Phi) is 14.6. The number of esters is 1. The van der Waals surface area contributed by atoms with Gasteiger partial charge < -0.3 is 38.9 Å². The van der Waals surface area contributed by atoms with Crippen LogP contribution in [-0.4, -0.2) is 62.0 Å². The number of nitrogens with two attached hydrogens (primary N) is 1. The van der Waals surface area contributed by atoms with Crippen LogP contribution in [0.15, 0.2) is 18.2 Å². The molecule has 0 saturated carbocycles. The molecule has 0 aromatic heterocycles. The summed E-state index contributed by atoms with van der Waals surface area (Å²) in [6, 6.07) is 3.24. The first-order valence-electron chi connectivity index (χ1n) is 14.0. The van der Waals surface area contributed by atoms with E-state index in [-0.39, 0.29) is 48.4 Å². The maximum atomic E-state index is 12.6.